The second-order valence-electron chi connectivity index (χ2n) is 12.0. The van der Waals surface area contributed by atoms with Gasteiger partial charge in [-0.1, -0.05) is 90.8 Å². The first kappa shape index (κ1) is 37.5. The molecule has 0 radical (unpaired) electrons. The number of carbonyl (C=O) groups is 2. The van der Waals surface area contributed by atoms with Crippen LogP contribution in [-0.2, 0) is 38.8 Å². The SMILES string of the molecule is CC[C@H](C)NC(=O)[C@@H](Cc1ccccc1)N(Cc1ccccc1C)C(=O)CN(c1ccc(Cl)c(C(F)(F)F)c1)S(=O)(=O)c1ccc(C)cc1. The van der Waals surface area contributed by atoms with Gasteiger partial charge in [-0.05, 0) is 74.2 Å². The van der Waals surface area contributed by atoms with Crippen molar-refractivity contribution >= 4 is 39.1 Å². The highest BCUT2D eigenvalue weighted by Crippen LogP contribution is 2.38. The van der Waals surface area contributed by atoms with E-state index >= 15 is 0 Å². The van der Waals surface area contributed by atoms with Crippen molar-refractivity contribution in [1.29, 1.82) is 0 Å². The maximum Gasteiger partial charge on any atom is 0.417 e. The molecular formula is C37H39ClF3N3O4S. The molecule has 4 aromatic rings. The van der Waals surface area contributed by atoms with Gasteiger partial charge in [0.05, 0.1) is 21.2 Å². The Hall–Kier alpha value is -4.35. The molecule has 4 aromatic carbocycles. The fraction of sp³-hybridized carbons (Fsp3) is 0.297. The maximum atomic E-state index is 14.6. The lowest BCUT2D eigenvalue weighted by Crippen LogP contribution is -2.54. The Balaban J connectivity index is 1.88. The van der Waals surface area contributed by atoms with E-state index in [2.05, 4.69) is 5.32 Å². The van der Waals surface area contributed by atoms with E-state index in [1.54, 1.807) is 43.3 Å². The summed E-state index contributed by atoms with van der Waals surface area (Å²) in [6, 6.07) is 23.5. The highest BCUT2D eigenvalue weighted by molar-refractivity contribution is 7.92. The van der Waals surface area contributed by atoms with E-state index in [1.165, 1.54) is 17.0 Å². The van der Waals surface area contributed by atoms with Gasteiger partial charge in [0, 0.05) is 19.0 Å². The number of alkyl halides is 3. The predicted molar refractivity (Wildman–Crippen MR) is 186 cm³/mol. The fourth-order valence-electron chi connectivity index (χ4n) is 5.22. The number of halogens is 4. The Labute approximate surface area is 290 Å². The van der Waals surface area contributed by atoms with Gasteiger partial charge in [-0.3, -0.25) is 13.9 Å². The highest BCUT2D eigenvalue weighted by atomic mass is 35.5. The van der Waals surface area contributed by atoms with Crippen molar-refractivity contribution in [2.45, 2.75) is 70.2 Å². The Morgan fingerprint density at radius 2 is 1.53 bits per heavy atom. The maximum absolute atomic E-state index is 14.6. The molecule has 7 nitrogen and oxygen atoms in total. The van der Waals surface area contributed by atoms with Gasteiger partial charge in [0.15, 0.2) is 0 Å². The summed E-state index contributed by atoms with van der Waals surface area (Å²) in [6.07, 6.45) is -4.18. The zero-order chi connectivity index (χ0) is 35.9. The quantitative estimate of drug-likeness (QED) is 0.154. The molecule has 0 aliphatic heterocycles. The Morgan fingerprint density at radius 3 is 2.14 bits per heavy atom. The van der Waals surface area contributed by atoms with Crippen LogP contribution in [0.4, 0.5) is 18.9 Å². The third kappa shape index (κ3) is 9.42. The largest absolute Gasteiger partial charge is 0.417 e. The van der Waals surface area contributed by atoms with E-state index in [4.69, 9.17) is 11.6 Å². The van der Waals surface area contributed by atoms with Crippen molar-refractivity contribution in [3.8, 4) is 0 Å². The molecule has 260 valence electrons. The summed E-state index contributed by atoms with van der Waals surface area (Å²) in [5, 5.41) is 2.33. The number of nitrogens with zero attached hydrogens (tertiary/aromatic N) is 2. The zero-order valence-electron chi connectivity index (χ0n) is 27.7. The Kier molecular flexibility index (Phi) is 12.2. The third-order valence-corrected chi connectivity index (χ3v) is 10.4. The number of benzene rings is 4. The average molecular weight is 714 g/mol. The average Bonchev–Trinajstić information content (AvgIpc) is 3.06. The van der Waals surface area contributed by atoms with Gasteiger partial charge in [0.25, 0.3) is 10.0 Å². The summed E-state index contributed by atoms with van der Waals surface area (Å²) >= 11 is 5.89. The number of nitrogens with one attached hydrogen (secondary N) is 1. The summed E-state index contributed by atoms with van der Waals surface area (Å²) in [6.45, 7) is 6.38. The number of hydrogen-bond acceptors (Lipinski definition) is 4. The number of sulfonamides is 1. The molecule has 0 saturated heterocycles. The van der Waals surface area contributed by atoms with Crippen molar-refractivity contribution < 1.29 is 31.2 Å². The topological polar surface area (TPSA) is 86.8 Å². The lowest BCUT2D eigenvalue weighted by molar-refractivity contribution is -0.140. The van der Waals surface area contributed by atoms with Crippen LogP contribution in [0.25, 0.3) is 0 Å². The van der Waals surface area contributed by atoms with Crippen molar-refractivity contribution in [2.24, 2.45) is 0 Å². The number of aryl methyl sites for hydroxylation is 2. The van der Waals surface area contributed by atoms with Crippen molar-refractivity contribution in [3.63, 3.8) is 0 Å². The molecule has 2 amide bonds. The summed E-state index contributed by atoms with van der Waals surface area (Å²) in [5.74, 6) is -1.23. The van der Waals surface area contributed by atoms with E-state index in [0.717, 1.165) is 28.8 Å². The molecule has 2 atom stereocenters. The van der Waals surface area contributed by atoms with E-state index in [0.29, 0.717) is 22.4 Å². The molecule has 0 aliphatic rings. The van der Waals surface area contributed by atoms with E-state index in [9.17, 15) is 31.2 Å². The molecule has 0 bridgehead atoms. The van der Waals surface area contributed by atoms with E-state index in [-0.39, 0.29) is 23.9 Å². The molecule has 49 heavy (non-hydrogen) atoms. The van der Waals surface area contributed by atoms with Gasteiger partial charge < -0.3 is 10.2 Å². The van der Waals surface area contributed by atoms with Crippen LogP contribution in [0.5, 0.6) is 0 Å². The van der Waals surface area contributed by atoms with Crippen LogP contribution in [0.2, 0.25) is 5.02 Å². The molecule has 0 fully saturated rings. The second kappa shape index (κ2) is 15.9. The van der Waals surface area contributed by atoms with E-state index in [1.807, 2.05) is 51.1 Å². The molecule has 0 spiro atoms. The van der Waals surface area contributed by atoms with Crippen LogP contribution in [0.1, 0.15) is 48.1 Å². The monoisotopic (exact) mass is 713 g/mol. The van der Waals surface area contributed by atoms with Crippen LogP contribution >= 0.6 is 11.6 Å². The fourth-order valence-corrected chi connectivity index (χ4v) is 6.85. The minimum atomic E-state index is -4.90. The minimum Gasteiger partial charge on any atom is -0.352 e. The molecular weight excluding hydrogens is 675 g/mol. The van der Waals surface area contributed by atoms with Gasteiger partial charge in [0.2, 0.25) is 11.8 Å². The number of anilines is 1. The lowest BCUT2D eigenvalue weighted by Gasteiger charge is -2.34. The smallest absolute Gasteiger partial charge is 0.352 e. The number of rotatable bonds is 13. The lowest BCUT2D eigenvalue weighted by atomic mass is 10.0. The minimum absolute atomic E-state index is 0.0657. The summed E-state index contributed by atoms with van der Waals surface area (Å²) < 4.78 is 71.0. The summed E-state index contributed by atoms with van der Waals surface area (Å²) in [5.41, 5.74) is 1.39. The van der Waals surface area contributed by atoms with Crippen LogP contribution in [-0.4, -0.2) is 43.8 Å². The Morgan fingerprint density at radius 1 is 0.898 bits per heavy atom. The molecule has 12 heteroatoms. The van der Waals surface area contributed by atoms with Gasteiger partial charge in [-0.2, -0.15) is 13.2 Å². The van der Waals surface area contributed by atoms with E-state index < -0.39 is 56.9 Å². The zero-order valence-corrected chi connectivity index (χ0v) is 29.2. The standard InChI is InChI=1S/C37H39ClF3N3O4S/c1-5-27(4)42-36(46)34(21-28-12-7-6-8-13-28)43(23-29-14-10-9-11-26(29)3)35(45)24-44(49(47,48)31-18-15-25(2)16-19-31)30-17-20-33(38)32(22-30)37(39,40)41/h6-20,22,27,34H,5,21,23-24H2,1-4H3,(H,42,46)/t27-,34+/m0/s1. The van der Waals surface area contributed by atoms with Gasteiger partial charge in [-0.15, -0.1) is 0 Å². The molecule has 0 aromatic heterocycles. The van der Waals surface area contributed by atoms with Gasteiger partial charge in [-0.25, -0.2) is 8.42 Å². The first-order valence-electron chi connectivity index (χ1n) is 15.8. The van der Waals surface area contributed by atoms with Crippen molar-refractivity contribution in [2.75, 3.05) is 10.8 Å². The number of carbonyl (C=O) groups excluding carboxylic acids is 2. The molecule has 0 saturated carbocycles. The van der Waals surface area contributed by atoms with Gasteiger partial charge in [0.1, 0.15) is 12.6 Å². The number of hydrogen-bond donors (Lipinski definition) is 1. The van der Waals surface area contributed by atoms with Crippen LogP contribution in [0, 0.1) is 13.8 Å². The molecule has 0 unspecified atom stereocenters. The summed E-state index contributed by atoms with van der Waals surface area (Å²) in [4.78, 5) is 29.7. The first-order valence-corrected chi connectivity index (χ1v) is 17.6. The summed E-state index contributed by atoms with van der Waals surface area (Å²) in [7, 11) is -4.61. The molecule has 4 rings (SSSR count). The van der Waals surface area contributed by atoms with Crippen molar-refractivity contribution in [1.82, 2.24) is 10.2 Å². The normalized spacial score (nSPS) is 13.0. The van der Waals surface area contributed by atoms with Crippen LogP contribution in [0.15, 0.2) is 102 Å². The number of amides is 2. The Bertz CT molecular complexity index is 1870. The highest BCUT2D eigenvalue weighted by Gasteiger charge is 2.38. The van der Waals surface area contributed by atoms with Crippen molar-refractivity contribution in [3.05, 3.63) is 130 Å². The van der Waals surface area contributed by atoms with Crippen LogP contribution in [0.3, 0.4) is 0 Å². The molecule has 0 heterocycles. The molecule has 1 N–H and O–H groups in total. The van der Waals surface area contributed by atoms with Crippen LogP contribution < -0.4 is 9.62 Å². The molecule has 0 aliphatic carbocycles. The second-order valence-corrected chi connectivity index (χ2v) is 14.2. The predicted octanol–water partition coefficient (Wildman–Crippen LogP) is 7.73. The van der Waals surface area contributed by atoms with Gasteiger partial charge >= 0.3 is 6.18 Å². The third-order valence-electron chi connectivity index (χ3n) is 8.31. The first-order chi connectivity index (χ1) is 23.1.